The molecular weight excluding hydrogens is 218 g/mol. The molecule has 0 heterocycles. The maximum atomic E-state index is 11.9. The number of nitriles is 1. The monoisotopic (exact) mass is 241 g/mol. The van der Waals surface area contributed by atoms with Gasteiger partial charge in [-0.25, -0.2) is 0 Å². The molecule has 0 unspecified atom stereocenters. The number of rotatable bonds is 8. The lowest BCUT2D eigenvalue weighted by Gasteiger charge is -2.24. The van der Waals surface area contributed by atoms with E-state index < -0.39 is 0 Å². The largest absolute Gasteiger partial charge is 0.383 e. The molecule has 0 aromatic carbocycles. The summed E-state index contributed by atoms with van der Waals surface area (Å²) < 4.78 is 4.95. The van der Waals surface area contributed by atoms with Gasteiger partial charge in [0.25, 0.3) is 0 Å². The van der Waals surface area contributed by atoms with Crippen LogP contribution >= 0.6 is 0 Å². The molecule has 0 aliphatic rings. The van der Waals surface area contributed by atoms with E-state index in [1.165, 1.54) is 0 Å². The minimum absolute atomic E-state index is 0.0378. The number of amides is 1. The second-order valence-electron chi connectivity index (χ2n) is 4.77. The predicted molar refractivity (Wildman–Crippen MR) is 66.2 cm³/mol. The zero-order chi connectivity index (χ0) is 13.3. The molecule has 0 saturated carbocycles. The summed E-state index contributed by atoms with van der Waals surface area (Å²) in [5, 5.41) is 8.54. The predicted octanol–water partition coefficient (Wildman–Crippen LogP) is 0.893. The van der Waals surface area contributed by atoms with Gasteiger partial charge in [0.1, 0.15) is 0 Å². The van der Waals surface area contributed by atoms with Gasteiger partial charge in [0.2, 0.25) is 5.91 Å². The highest BCUT2D eigenvalue weighted by molar-refractivity contribution is 5.76. The average Bonchev–Trinajstić information content (AvgIpc) is 2.25. The van der Waals surface area contributed by atoms with Crippen LogP contribution in [0.15, 0.2) is 0 Å². The molecule has 0 aromatic heterocycles. The van der Waals surface area contributed by atoms with Gasteiger partial charge in [0, 0.05) is 32.2 Å². The van der Waals surface area contributed by atoms with Crippen LogP contribution in [-0.2, 0) is 9.53 Å². The Morgan fingerprint density at radius 1 is 1.47 bits per heavy atom. The summed E-state index contributed by atoms with van der Waals surface area (Å²) in [6, 6.07) is 2.04. The first-order valence-corrected chi connectivity index (χ1v) is 5.83. The molecule has 98 valence electrons. The SMILES string of the molecule is COCCN(CCC#N)C(=O)CCC(C)(C)N. The summed E-state index contributed by atoms with van der Waals surface area (Å²) in [6.45, 7) is 5.28. The summed E-state index contributed by atoms with van der Waals surface area (Å²) in [5.41, 5.74) is 5.50. The molecule has 5 heteroatoms. The number of methoxy groups -OCH3 is 1. The van der Waals surface area contributed by atoms with Crippen molar-refractivity contribution in [1.29, 1.82) is 5.26 Å². The van der Waals surface area contributed by atoms with E-state index in [4.69, 9.17) is 15.7 Å². The van der Waals surface area contributed by atoms with Crippen LogP contribution in [0.5, 0.6) is 0 Å². The van der Waals surface area contributed by atoms with E-state index in [0.29, 0.717) is 39.0 Å². The van der Waals surface area contributed by atoms with Crippen molar-refractivity contribution < 1.29 is 9.53 Å². The van der Waals surface area contributed by atoms with E-state index in [-0.39, 0.29) is 11.4 Å². The summed E-state index contributed by atoms with van der Waals surface area (Å²) in [5.74, 6) is 0.0378. The molecule has 5 nitrogen and oxygen atoms in total. The zero-order valence-electron chi connectivity index (χ0n) is 11.0. The lowest BCUT2D eigenvalue weighted by Crippen LogP contribution is -2.38. The van der Waals surface area contributed by atoms with Crippen molar-refractivity contribution in [3.8, 4) is 6.07 Å². The molecule has 0 aliphatic carbocycles. The highest BCUT2D eigenvalue weighted by atomic mass is 16.5. The smallest absolute Gasteiger partial charge is 0.222 e. The molecule has 17 heavy (non-hydrogen) atoms. The van der Waals surface area contributed by atoms with Gasteiger partial charge < -0.3 is 15.4 Å². The van der Waals surface area contributed by atoms with Crippen LogP contribution in [0.25, 0.3) is 0 Å². The van der Waals surface area contributed by atoms with Gasteiger partial charge in [-0.05, 0) is 20.3 Å². The van der Waals surface area contributed by atoms with Gasteiger partial charge in [-0.15, -0.1) is 0 Å². The third-order valence-corrected chi connectivity index (χ3v) is 2.39. The summed E-state index contributed by atoms with van der Waals surface area (Å²) >= 11 is 0. The van der Waals surface area contributed by atoms with Crippen molar-refractivity contribution in [2.24, 2.45) is 5.73 Å². The first-order chi connectivity index (χ1) is 7.90. The molecule has 0 spiro atoms. The van der Waals surface area contributed by atoms with Crippen molar-refractivity contribution in [3.63, 3.8) is 0 Å². The fraction of sp³-hybridized carbons (Fsp3) is 0.833. The third kappa shape index (κ3) is 8.66. The van der Waals surface area contributed by atoms with Crippen LogP contribution in [0, 0.1) is 11.3 Å². The maximum absolute atomic E-state index is 11.9. The van der Waals surface area contributed by atoms with Crippen molar-refractivity contribution >= 4 is 5.91 Å². The van der Waals surface area contributed by atoms with Crippen LogP contribution in [0.4, 0.5) is 0 Å². The van der Waals surface area contributed by atoms with E-state index in [1.807, 2.05) is 19.9 Å². The highest BCUT2D eigenvalue weighted by Crippen LogP contribution is 2.09. The quantitative estimate of drug-likeness (QED) is 0.684. The summed E-state index contributed by atoms with van der Waals surface area (Å²) in [6.07, 6.45) is 1.40. The van der Waals surface area contributed by atoms with Gasteiger partial charge >= 0.3 is 0 Å². The van der Waals surface area contributed by atoms with Crippen molar-refractivity contribution in [3.05, 3.63) is 0 Å². The third-order valence-electron chi connectivity index (χ3n) is 2.39. The van der Waals surface area contributed by atoms with E-state index in [1.54, 1.807) is 12.0 Å². The molecule has 1 amide bonds. The summed E-state index contributed by atoms with van der Waals surface area (Å²) in [7, 11) is 1.59. The Kier molecular flexibility index (Phi) is 7.51. The number of nitrogens with two attached hydrogens (primary N) is 1. The van der Waals surface area contributed by atoms with Crippen LogP contribution in [0.2, 0.25) is 0 Å². The van der Waals surface area contributed by atoms with E-state index in [9.17, 15) is 4.79 Å². The number of carbonyl (C=O) groups excluding carboxylic acids is 1. The Morgan fingerprint density at radius 3 is 2.59 bits per heavy atom. The number of nitrogens with zero attached hydrogens (tertiary/aromatic N) is 2. The number of hydrogen-bond donors (Lipinski definition) is 1. The second-order valence-corrected chi connectivity index (χ2v) is 4.77. The fourth-order valence-electron chi connectivity index (χ4n) is 1.33. The van der Waals surface area contributed by atoms with Gasteiger partial charge in [-0.1, -0.05) is 0 Å². The Bertz CT molecular complexity index is 266. The number of carbonyl (C=O) groups is 1. The molecule has 0 fully saturated rings. The number of hydrogen-bond acceptors (Lipinski definition) is 4. The van der Waals surface area contributed by atoms with Gasteiger partial charge in [0.15, 0.2) is 0 Å². The maximum Gasteiger partial charge on any atom is 0.222 e. The van der Waals surface area contributed by atoms with Crippen LogP contribution in [-0.4, -0.2) is 43.2 Å². The van der Waals surface area contributed by atoms with Crippen LogP contribution < -0.4 is 5.73 Å². The Hall–Kier alpha value is -1.12. The molecule has 0 saturated heterocycles. The first kappa shape index (κ1) is 15.9. The molecule has 0 aliphatic heterocycles. The van der Waals surface area contributed by atoms with Crippen molar-refractivity contribution in [1.82, 2.24) is 4.90 Å². The zero-order valence-corrected chi connectivity index (χ0v) is 11.0. The van der Waals surface area contributed by atoms with Crippen molar-refractivity contribution in [2.45, 2.75) is 38.6 Å². The Morgan fingerprint density at radius 2 is 2.12 bits per heavy atom. The average molecular weight is 241 g/mol. The highest BCUT2D eigenvalue weighted by Gasteiger charge is 2.17. The molecule has 0 rings (SSSR count). The lowest BCUT2D eigenvalue weighted by molar-refractivity contribution is -0.132. The fourth-order valence-corrected chi connectivity index (χ4v) is 1.33. The molecule has 2 N–H and O–H groups in total. The van der Waals surface area contributed by atoms with Gasteiger partial charge in [-0.3, -0.25) is 4.79 Å². The normalized spacial score (nSPS) is 11.0. The van der Waals surface area contributed by atoms with Crippen LogP contribution in [0.3, 0.4) is 0 Å². The summed E-state index contributed by atoms with van der Waals surface area (Å²) in [4.78, 5) is 13.6. The topological polar surface area (TPSA) is 79.3 Å². The molecule has 0 radical (unpaired) electrons. The van der Waals surface area contributed by atoms with E-state index >= 15 is 0 Å². The van der Waals surface area contributed by atoms with E-state index in [0.717, 1.165) is 0 Å². The van der Waals surface area contributed by atoms with E-state index in [2.05, 4.69) is 0 Å². The van der Waals surface area contributed by atoms with Crippen molar-refractivity contribution in [2.75, 3.05) is 26.8 Å². The molecule has 0 atom stereocenters. The minimum Gasteiger partial charge on any atom is -0.383 e. The molecule has 0 aromatic rings. The van der Waals surface area contributed by atoms with Crippen LogP contribution in [0.1, 0.15) is 33.1 Å². The van der Waals surface area contributed by atoms with Gasteiger partial charge in [0.05, 0.1) is 19.1 Å². The first-order valence-electron chi connectivity index (χ1n) is 5.83. The molecule has 0 bridgehead atoms. The molecular formula is C12H23N3O2. The second kappa shape index (κ2) is 8.04. The minimum atomic E-state index is -0.336. The number of ether oxygens (including phenoxy) is 1. The van der Waals surface area contributed by atoms with Gasteiger partial charge in [-0.2, -0.15) is 5.26 Å². The Balaban J connectivity index is 4.17. The Labute approximate surface area is 104 Å². The standard InChI is InChI=1S/C12H23N3O2/c1-12(2,14)6-5-11(16)15(8-4-7-13)9-10-17-3/h4-6,8-10,14H2,1-3H3. The lowest BCUT2D eigenvalue weighted by atomic mass is 10.00.